The van der Waals surface area contributed by atoms with E-state index in [-0.39, 0.29) is 23.6 Å². The number of hydrogen-bond donors (Lipinski definition) is 2. The Balaban J connectivity index is 1.41. The second kappa shape index (κ2) is 9.94. The minimum absolute atomic E-state index is 0.112. The molecule has 0 bridgehead atoms. The molecular formula is C31H33N5O4. The second-order valence-corrected chi connectivity index (χ2v) is 11.5. The van der Waals surface area contributed by atoms with Gasteiger partial charge in [0.25, 0.3) is 5.91 Å². The van der Waals surface area contributed by atoms with Crippen LogP contribution in [0.5, 0.6) is 11.5 Å². The van der Waals surface area contributed by atoms with Gasteiger partial charge in [-0.25, -0.2) is 5.10 Å². The van der Waals surface area contributed by atoms with Gasteiger partial charge in [0.2, 0.25) is 5.91 Å². The van der Waals surface area contributed by atoms with Crippen LogP contribution in [0.4, 0.5) is 0 Å². The fourth-order valence-electron chi connectivity index (χ4n) is 6.24. The summed E-state index contributed by atoms with van der Waals surface area (Å²) in [5.74, 6) is 0.0146. The number of hydrogen-bond acceptors (Lipinski definition) is 6. The van der Waals surface area contributed by atoms with Crippen LogP contribution in [0.25, 0.3) is 0 Å². The number of aromatic nitrogens is 2. The van der Waals surface area contributed by atoms with Gasteiger partial charge in [0.1, 0.15) is 11.8 Å². The fourth-order valence-corrected chi connectivity index (χ4v) is 6.24. The summed E-state index contributed by atoms with van der Waals surface area (Å²) in [4.78, 5) is 41.3. The Morgan fingerprint density at radius 2 is 1.88 bits per heavy atom. The first-order valence-electron chi connectivity index (χ1n) is 13.4. The van der Waals surface area contributed by atoms with E-state index in [4.69, 9.17) is 4.74 Å². The minimum atomic E-state index is -0.735. The molecule has 5 rings (SSSR count). The van der Waals surface area contributed by atoms with Crippen molar-refractivity contribution >= 4 is 11.8 Å². The summed E-state index contributed by atoms with van der Waals surface area (Å²) in [5, 5.41) is 19.1. The molecule has 2 saturated heterocycles. The largest absolute Gasteiger partial charge is 0.451 e. The van der Waals surface area contributed by atoms with Crippen molar-refractivity contribution in [2.75, 3.05) is 0 Å². The molecule has 2 aliphatic rings. The number of benzene rings is 2. The maximum absolute atomic E-state index is 13.9. The first-order valence-corrected chi connectivity index (χ1v) is 13.4. The van der Waals surface area contributed by atoms with Crippen LogP contribution in [-0.2, 0) is 10.3 Å². The van der Waals surface area contributed by atoms with Crippen LogP contribution in [0, 0.1) is 37.5 Å². The van der Waals surface area contributed by atoms with Crippen molar-refractivity contribution in [2.24, 2.45) is 5.41 Å². The van der Waals surface area contributed by atoms with Crippen molar-refractivity contribution in [1.29, 1.82) is 5.26 Å². The van der Waals surface area contributed by atoms with Crippen molar-refractivity contribution in [2.45, 2.75) is 71.5 Å². The predicted octanol–water partition coefficient (Wildman–Crippen LogP) is 4.43. The molecule has 0 aliphatic carbocycles. The van der Waals surface area contributed by atoms with E-state index < -0.39 is 22.6 Å². The summed E-state index contributed by atoms with van der Waals surface area (Å²) in [7, 11) is 0. The van der Waals surface area contributed by atoms with Gasteiger partial charge in [0.15, 0.2) is 5.75 Å². The number of ether oxygens (including phenoxy) is 1. The van der Waals surface area contributed by atoms with Crippen molar-refractivity contribution in [1.82, 2.24) is 20.4 Å². The Hall–Kier alpha value is -4.45. The number of H-pyrrole nitrogens is 1. The molecular weight excluding hydrogens is 506 g/mol. The molecule has 206 valence electrons. The molecule has 3 aromatic rings. The molecule has 3 atom stereocenters. The zero-order chi connectivity index (χ0) is 28.8. The first kappa shape index (κ1) is 27.1. The van der Waals surface area contributed by atoms with Crippen LogP contribution >= 0.6 is 0 Å². The predicted molar refractivity (Wildman–Crippen MR) is 149 cm³/mol. The van der Waals surface area contributed by atoms with Crippen LogP contribution in [0.1, 0.15) is 65.9 Å². The highest BCUT2D eigenvalue weighted by molar-refractivity contribution is 5.99. The smallest absolute Gasteiger partial charge is 0.307 e. The standard InChI is InChI=1S/C31H33N5O4/c1-18-8-6-7-9-22(18)31-13-12-26(30(4,5)17-32)36(31)29(39)23(16-31)33-27(37)21-10-11-24(19(2)14-21)40-25-15-20(3)34-35-28(25)38/h6-11,14-15,23,26H,12-13,16H2,1-5H3,(H,33,37)(H,35,38)/t23-,26+,31+/m0/s1. The Kier molecular flexibility index (Phi) is 6.74. The van der Waals surface area contributed by atoms with E-state index in [1.807, 2.05) is 43.9 Å². The van der Waals surface area contributed by atoms with Gasteiger partial charge in [-0.05, 0) is 82.3 Å². The topological polar surface area (TPSA) is 128 Å². The van der Waals surface area contributed by atoms with Crippen LogP contribution < -0.4 is 15.6 Å². The summed E-state index contributed by atoms with van der Waals surface area (Å²) in [6.07, 6.45) is 1.89. The van der Waals surface area contributed by atoms with Gasteiger partial charge >= 0.3 is 5.56 Å². The number of rotatable bonds is 6. The number of carbonyl (C=O) groups excluding carboxylic acids is 2. The zero-order valence-corrected chi connectivity index (χ0v) is 23.4. The van der Waals surface area contributed by atoms with Gasteiger partial charge in [0, 0.05) is 18.1 Å². The molecule has 2 N–H and O–H groups in total. The maximum atomic E-state index is 13.9. The molecule has 0 saturated carbocycles. The number of nitriles is 1. The molecule has 2 aliphatic heterocycles. The molecule has 0 radical (unpaired) electrons. The van der Waals surface area contributed by atoms with E-state index >= 15 is 0 Å². The third kappa shape index (κ3) is 4.53. The number of nitrogens with one attached hydrogen (secondary N) is 2. The third-order valence-electron chi connectivity index (χ3n) is 8.31. The van der Waals surface area contributed by atoms with Gasteiger partial charge in [-0.15, -0.1) is 0 Å². The van der Waals surface area contributed by atoms with E-state index in [0.29, 0.717) is 29.0 Å². The molecule has 0 unspecified atom stereocenters. The van der Waals surface area contributed by atoms with Crippen LogP contribution in [0.2, 0.25) is 0 Å². The summed E-state index contributed by atoms with van der Waals surface area (Å²) in [5.41, 5.74) is 2.02. The average Bonchev–Trinajstić information content (AvgIpc) is 3.43. The molecule has 2 aromatic carbocycles. The van der Waals surface area contributed by atoms with Gasteiger partial charge in [-0.1, -0.05) is 24.3 Å². The lowest BCUT2D eigenvalue weighted by Crippen LogP contribution is -2.50. The van der Waals surface area contributed by atoms with E-state index in [2.05, 4.69) is 27.6 Å². The van der Waals surface area contributed by atoms with E-state index in [9.17, 15) is 19.6 Å². The summed E-state index contributed by atoms with van der Waals surface area (Å²) in [6, 6.07) is 15.9. The maximum Gasteiger partial charge on any atom is 0.307 e. The third-order valence-corrected chi connectivity index (χ3v) is 8.31. The number of nitrogens with zero attached hydrogens (tertiary/aromatic N) is 3. The van der Waals surface area contributed by atoms with Crippen molar-refractivity contribution in [3.8, 4) is 17.6 Å². The van der Waals surface area contributed by atoms with Gasteiger partial charge in [-0.3, -0.25) is 14.4 Å². The highest BCUT2D eigenvalue weighted by Gasteiger charge is 2.61. The van der Waals surface area contributed by atoms with Crippen LogP contribution in [0.3, 0.4) is 0 Å². The SMILES string of the molecule is Cc1cc(Oc2ccc(C(=O)N[C@H]3C[C@@]4(c5ccccc5C)CC[C@H](C(C)(C)C#N)N4C3=O)cc2C)c(=O)[nH]n1. The minimum Gasteiger partial charge on any atom is -0.451 e. The zero-order valence-electron chi connectivity index (χ0n) is 23.4. The molecule has 9 nitrogen and oxygen atoms in total. The van der Waals surface area contributed by atoms with Gasteiger partial charge < -0.3 is 15.0 Å². The van der Waals surface area contributed by atoms with Gasteiger partial charge in [-0.2, -0.15) is 10.4 Å². The Bertz CT molecular complexity index is 1600. The lowest BCUT2D eigenvalue weighted by molar-refractivity contribution is -0.135. The Morgan fingerprint density at radius 3 is 2.58 bits per heavy atom. The number of fused-ring (bicyclic) bond motifs is 1. The first-order chi connectivity index (χ1) is 19.0. The lowest BCUT2D eigenvalue weighted by atomic mass is 9.82. The van der Waals surface area contributed by atoms with Crippen LogP contribution in [-0.4, -0.2) is 39.0 Å². The van der Waals surface area contributed by atoms with Crippen LogP contribution in [0.15, 0.2) is 53.3 Å². The second-order valence-electron chi connectivity index (χ2n) is 11.5. The normalized spacial score (nSPS) is 22.1. The quantitative estimate of drug-likeness (QED) is 0.477. The average molecular weight is 540 g/mol. The van der Waals surface area contributed by atoms with E-state index in [0.717, 1.165) is 24.0 Å². The highest BCUT2D eigenvalue weighted by Crippen LogP contribution is 2.54. The Labute approximate surface area is 233 Å². The molecule has 0 spiro atoms. The fraction of sp³-hybridized carbons (Fsp3) is 0.387. The van der Waals surface area contributed by atoms with Crippen molar-refractivity contribution < 1.29 is 14.3 Å². The number of aryl methyl sites for hydroxylation is 3. The van der Waals surface area contributed by atoms with Crippen molar-refractivity contribution in [3.63, 3.8) is 0 Å². The van der Waals surface area contributed by atoms with Crippen molar-refractivity contribution in [3.05, 3.63) is 86.8 Å². The molecule has 2 amide bonds. The summed E-state index contributed by atoms with van der Waals surface area (Å²) in [6.45, 7) is 9.31. The van der Waals surface area contributed by atoms with E-state index in [1.165, 1.54) is 0 Å². The molecule has 3 heterocycles. The molecule has 2 fully saturated rings. The molecule has 9 heteroatoms. The molecule has 40 heavy (non-hydrogen) atoms. The number of aromatic amines is 1. The summed E-state index contributed by atoms with van der Waals surface area (Å²) >= 11 is 0. The summed E-state index contributed by atoms with van der Waals surface area (Å²) < 4.78 is 5.78. The number of amides is 2. The molecule has 1 aromatic heterocycles. The van der Waals surface area contributed by atoms with Gasteiger partial charge in [0.05, 0.1) is 28.8 Å². The van der Waals surface area contributed by atoms with E-state index in [1.54, 1.807) is 38.1 Å². The monoisotopic (exact) mass is 539 g/mol. The number of carbonyl (C=O) groups is 2. The highest BCUT2D eigenvalue weighted by atomic mass is 16.5. The Morgan fingerprint density at radius 1 is 1.12 bits per heavy atom. The lowest BCUT2D eigenvalue weighted by Gasteiger charge is -2.39.